The van der Waals surface area contributed by atoms with E-state index >= 15 is 0 Å². The van der Waals surface area contributed by atoms with Gasteiger partial charge in [0, 0.05) is 28.7 Å². The molecule has 14 heteroatoms. The summed E-state index contributed by atoms with van der Waals surface area (Å²) in [6.45, 7) is 3.99. The summed E-state index contributed by atoms with van der Waals surface area (Å²) < 4.78 is 10.5. The molecule has 0 aliphatic carbocycles. The minimum absolute atomic E-state index is 0.0257. The van der Waals surface area contributed by atoms with E-state index in [9.17, 15) is 4.79 Å². The van der Waals surface area contributed by atoms with E-state index in [0.29, 0.717) is 67.0 Å². The average Bonchev–Trinajstić information content (AvgIpc) is 3.54. The van der Waals surface area contributed by atoms with E-state index < -0.39 is 0 Å². The molecular formula is C28H24Cl4N2O8. The molecule has 0 bridgehead atoms. The number of halogens is 4. The number of nitrogens with zero attached hydrogens (tertiary/aromatic N) is 2. The van der Waals surface area contributed by atoms with Crippen LogP contribution >= 0.6 is 46.4 Å². The number of carbonyl (C=O) groups excluding carboxylic acids is 5. The first-order chi connectivity index (χ1) is 20.2. The summed E-state index contributed by atoms with van der Waals surface area (Å²) in [6, 6.07) is 10.6. The van der Waals surface area contributed by atoms with Crippen LogP contribution in [0.4, 0.5) is 0 Å². The standard InChI is InChI=1S/C13H13Cl2NO2.C13H11Cl2NO2.2CO2/c2*1-2-8-11(6-7-17)18-16-13(8)12-9(14)4-3-5-10(12)15;2*2-1-3/h3-5,17H,2,6-7H2,1H3;3-5,7H,2,6H2,1H3;;. The Hall–Kier alpha value is -3.59. The molecule has 0 amide bonds. The first kappa shape index (κ1) is 36.4. The molecule has 0 saturated heterocycles. The lowest BCUT2D eigenvalue weighted by Gasteiger charge is -2.05. The van der Waals surface area contributed by atoms with E-state index in [2.05, 4.69) is 10.3 Å². The van der Waals surface area contributed by atoms with Crippen LogP contribution in [-0.2, 0) is 49.7 Å². The zero-order valence-corrected chi connectivity index (χ0v) is 25.3. The molecule has 2 aromatic heterocycles. The maximum Gasteiger partial charge on any atom is 0.373 e. The van der Waals surface area contributed by atoms with Crippen molar-refractivity contribution >= 4 is 65.0 Å². The van der Waals surface area contributed by atoms with Crippen LogP contribution in [0.3, 0.4) is 0 Å². The van der Waals surface area contributed by atoms with Gasteiger partial charge in [-0.15, -0.1) is 0 Å². The van der Waals surface area contributed by atoms with E-state index in [-0.39, 0.29) is 25.3 Å². The minimum Gasteiger partial charge on any atom is -0.396 e. The van der Waals surface area contributed by atoms with Crippen LogP contribution < -0.4 is 0 Å². The fourth-order valence-electron chi connectivity index (χ4n) is 3.79. The van der Waals surface area contributed by atoms with Gasteiger partial charge in [0.05, 0.1) is 33.1 Å². The number of carbonyl (C=O) groups is 1. The Morgan fingerprint density at radius 2 is 1.10 bits per heavy atom. The first-order valence-electron chi connectivity index (χ1n) is 12.1. The quantitative estimate of drug-likeness (QED) is 0.206. The molecule has 10 nitrogen and oxygen atoms in total. The van der Waals surface area contributed by atoms with Gasteiger partial charge in [0.15, 0.2) is 0 Å². The summed E-state index contributed by atoms with van der Waals surface area (Å²) >= 11 is 24.6. The van der Waals surface area contributed by atoms with Gasteiger partial charge in [-0.3, -0.25) is 0 Å². The Morgan fingerprint density at radius 1 is 0.738 bits per heavy atom. The van der Waals surface area contributed by atoms with Crippen LogP contribution in [0.5, 0.6) is 0 Å². The summed E-state index contributed by atoms with van der Waals surface area (Å²) in [4.78, 5) is 43.1. The molecule has 0 fully saturated rings. The number of aromatic nitrogens is 2. The highest BCUT2D eigenvalue weighted by atomic mass is 35.5. The fraction of sp³-hybridized carbons (Fsp3) is 0.250. The lowest BCUT2D eigenvalue weighted by atomic mass is 10.0. The molecule has 1 N–H and O–H groups in total. The molecule has 222 valence electrons. The maximum atomic E-state index is 10.6. The molecule has 0 atom stereocenters. The first-order valence-corrected chi connectivity index (χ1v) is 13.6. The smallest absolute Gasteiger partial charge is 0.373 e. The van der Waals surface area contributed by atoms with Crippen molar-refractivity contribution < 1.29 is 38.1 Å². The molecule has 0 unspecified atom stereocenters. The van der Waals surface area contributed by atoms with E-state index in [1.54, 1.807) is 36.4 Å². The van der Waals surface area contributed by atoms with Crippen LogP contribution in [0.25, 0.3) is 22.5 Å². The monoisotopic (exact) mass is 656 g/mol. The molecule has 2 heterocycles. The third-order valence-electron chi connectivity index (χ3n) is 5.45. The van der Waals surface area contributed by atoms with Gasteiger partial charge in [0.2, 0.25) is 0 Å². The fourth-order valence-corrected chi connectivity index (χ4v) is 4.94. The van der Waals surface area contributed by atoms with Crippen LogP contribution in [0.1, 0.15) is 36.5 Å². The molecule has 0 aliphatic rings. The van der Waals surface area contributed by atoms with Gasteiger partial charge in [-0.05, 0) is 37.1 Å². The molecule has 0 spiro atoms. The third kappa shape index (κ3) is 9.76. The Kier molecular flexibility index (Phi) is 16.9. The SMILES string of the molecule is CCc1c(-c2c(Cl)cccc2Cl)noc1CC=O.CCc1c(-c2c(Cl)cccc2Cl)noc1CCO.O=C=O.O=C=O. The van der Waals surface area contributed by atoms with Crippen molar-refractivity contribution in [3.8, 4) is 22.5 Å². The number of hydrogen-bond acceptors (Lipinski definition) is 10. The molecule has 0 radical (unpaired) electrons. The van der Waals surface area contributed by atoms with E-state index in [4.69, 9.17) is 79.7 Å². The molecule has 0 saturated carbocycles. The predicted octanol–water partition coefficient (Wildman–Crippen LogP) is 6.53. The molecular weight excluding hydrogens is 634 g/mol. The van der Waals surface area contributed by atoms with Crippen molar-refractivity contribution in [3.05, 3.63) is 79.1 Å². The Labute approximate surface area is 260 Å². The summed E-state index contributed by atoms with van der Waals surface area (Å²) in [6.07, 6.45) is 3.38. The maximum absolute atomic E-state index is 10.6. The van der Waals surface area contributed by atoms with Gasteiger partial charge < -0.3 is 18.9 Å². The number of aliphatic hydroxyl groups is 1. The van der Waals surface area contributed by atoms with E-state index in [0.717, 1.165) is 23.8 Å². The Bertz CT molecular complexity index is 1470. The third-order valence-corrected chi connectivity index (χ3v) is 6.71. The number of aldehydes is 1. The van der Waals surface area contributed by atoms with Gasteiger partial charge in [-0.25, -0.2) is 0 Å². The van der Waals surface area contributed by atoms with Crippen LogP contribution in [-0.4, -0.2) is 40.6 Å². The summed E-state index contributed by atoms with van der Waals surface area (Å²) in [7, 11) is 0. The Balaban J connectivity index is 0.000000354. The van der Waals surface area contributed by atoms with Crippen LogP contribution in [0.15, 0.2) is 45.4 Å². The highest BCUT2D eigenvalue weighted by Crippen LogP contribution is 2.38. The zero-order chi connectivity index (χ0) is 31.7. The van der Waals surface area contributed by atoms with Gasteiger partial charge in [0.25, 0.3) is 0 Å². The van der Waals surface area contributed by atoms with Crippen molar-refractivity contribution in [3.63, 3.8) is 0 Å². The molecule has 4 rings (SSSR count). The number of hydrogen-bond donors (Lipinski definition) is 1. The van der Waals surface area contributed by atoms with Crippen molar-refractivity contribution in [1.29, 1.82) is 0 Å². The van der Waals surface area contributed by atoms with Crippen LogP contribution in [0.2, 0.25) is 20.1 Å². The molecule has 4 aromatic rings. The predicted molar refractivity (Wildman–Crippen MR) is 153 cm³/mol. The average molecular weight is 658 g/mol. The van der Waals surface area contributed by atoms with Crippen molar-refractivity contribution in [2.45, 2.75) is 39.5 Å². The second kappa shape index (κ2) is 19.5. The van der Waals surface area contributed by atoms with Crippen molar-refractivity contribution in [2.24, 2.45) is 0 Å². The van der Waals surface area contributed by atoms with Crippen molar-refractivity contribution in [2.75, 3.05) is 6.61 Å². The number of aliphatic hydroxyl groups excluding tert-OH is 1. The summed E-state index contributed by atoms with van der Waals surface area (Å²) in [5, 5.41) is 19.1. The minimum atomic E-state index is 0.0257. The second-order valence-corrected chi connectivity index (χ2v) is 9.41. The Morgan fingerprint density at radius 3 is 1.43 bits per heavy atom. The van der Waals surface area contributed by atoms with Gasteiger partial charge in [-0.2, -0.15) is 19.2 Å². The molecule has 42 heavy (non-hydrogen) atoms. The zero-order valence-electron chi connectivity index (χ0n) is 22.3. The van der Waals surface area contributed by atoms with E-state index in [1.165, 1.54) is 0 Å². The molecule has 2 aromatic carbocycles. The topological polar surface area (TPSA) is 158 Å². The summed E-state index contributed by atoms with van der Waals surface area (Å²) in [5.74, 6) is 1.25. The van der Waals surface area contributed by atoms with Gasteiger partial charge in [-0.1, -0.05) is 82.7 Å². The van der Waals surface area contributed by atoms with Gasteiger partial charge in [0.1, 0.15) is 29.2 Å². The van der Waals surface area contributed by atoms with E-state index in [1.807, 2.05) is 13.8 Å². The normalized spacial score (nSPS) is 9.60. The lowest BCUT2D eigenvalue weighted by molar-refractivity contribution is -0.193. The molecule has 0 aliphatic heterocycles. The number of rotatable bonds is 8. The highest BCUT2D eigenvalue weighted by molar-refractivity contribution is 6.39. The van der Waals surface area contributed by atoms with Crippen molar-refractivity contribution in [1.82, 2.24) is 10.3 Å². The second-order valence-electron chi connectivity index (χ2n) is 7.78. The van der Waals surface area contributed by atoms with Gasteiger partial charge >= 0.3 is 12.3 Å². The number of benzene rings is 2. The van der Waals surface area contributed by atoms with Crippen LogP contribution in [0, 0.1) is 0 Å². The highest BCUT2D eigenvalue weighted by Gasteiger charge is 2.21. The lowest BCUT2D eigenvalue weighted by Crippen LogP contribution is -1.94. The largest absolute Gasteiger partial charge is 0.396 e. The summed E-state index contributed by atoms with van der Waals surface area (Å²) in [5.41, 5.74) is 4.43.